The number of fused-ring (bicyclic) bond motifs is 1. The molecule has 6 rings (SSSR count). The highest BCUT2D eigenvalue weighted by atomic mass is 32.2. The Labute approximate surface area is 267 Å². The zero-order valence-corrected chi connectivity index (χ0v) is 27.5. The van der Waals surface area contributed by atoms with E-state index in [-0.39, 0.29) is 34.7 Å². The van der Waals surface area contributed by atoms with Gasteiger partial charge in [0, 0.05) is 44.3 Å². The number of amides is 1. The standard InChI is InChI=1S/C36H44FN3O4S/c1-36(2,3)44-35(41)39-20-19-27(23-39)30-21-32-34(22-31(30)25-15-17-28(37)18-16-25)45(42,43)38(4)33(26-11-7-5-8-12-26)24-40(32)29-13-9-6-10-14-29/h6,9-10,13-18,21-22,26-27,33H,5,7-8,11-12,19-20,23-24H2,1-4H3/t27?,33-/m0/s1. The van der Waals surface area contributed by atoms with Crippen LogP contribution in [0.25, 0.3) is 11.1 Å². The van der Waals surface area contributed by atoms with Gasteiger partial charge in [0.05, 0.1) is 5.69 Å². The molecule has 3 aromatic carbocycles. The number of ether oxygens (including phenoxy) is 1. The number of likely N-dealkylation sites (N-methyl/N-ethyl adjacent to an activating group) is 1. The van der Waals surface area contributed by atoms with E-state index >= 15 is 0 Å². The summed E-state index contributed by atoms with van der Waals surface area (Å²) in [5, 5.41) is 0. The third-order valence-corrected chi connectivity index (χ3v) is 11.5. The number of carbonyl (C=O) groups is 1. The zero-order valence-electron chi connectivity index (χ0n) is 26.7. The minimum absolute atomic E-state index is 0.0571. The van der Waals surface area contributed by atoms with Gasteiger partial charge in [-0.3, -0.25) is 0 Å². The summed E-state index contributed by atoms with van der Waals surface area (Å²) in [6, 6.07) is 19.9. The van der Waals surface area contributed by atoms with Crippen molar-refractivity contribution in [2.45, 2.75) is 81.8 Å². The minimum Gasteiger partial charge on any atom is -0.444 e. The van der Waals surface area contributed by atoms with Crippen LogP contribution in [0.3, 0.4) is 0 Å². The van der Waals surface area contributed by atoms with Crippen LogP contribution < -0.4 is 4.90 Å². The molecule has 2 heterocycles. The van der Waals surface area contributed by atoms with Crippen LogP contribution in [0.4, 0.5) is 20.6 Å². The smallest absolute Gasteiger partial charge is 0.410 e. The highest BCUT2D eigenvalue weighted by Gasteiger charge is 2.42. The number of sulfonamides is 1. The number of carbonyl (C=O) groups excluding carboxylic acids is 1. The molecule has 240 valence electrons. The molecule has 1 saturated carbocycles. The molecule has 0 bridgehead atoms. The molecule has 45 heavy (non-hydrogen) atoms. The van der Waals surface area contributed by atoms with Crippen molar-refractivity contribution >= 4 is 27.5 Å². The number of hydrogen-bond acceptors (Lipinski definition) is 5. The van der Waals surface area contributed by atoms with Crippen molar-refractivity contribution < 1.29 is 22.3 Å². The lowest BCUT2D eigenvalue weighted by Gasteiger charge is -2.37. The number of nitrogens with zero attached hydrogens (tertiary/aromatic N) is 3. The van der Waals surface area contributed by atoms with Crippen molar-refractivity contribution in [2.24, 2.45) is 5.92 Å². The van der Waals surface area contributed by atoms with E-state index in [1.807, 2.05) is 57.2 Å². The van der Waals surface area contributed by atoms with Crippen molar-refractivity contribution in [3.05, 3.63) is 78.1 Å². The van der Waals surface area contributed by atoms with E-state index in [2.05, 4.69) is 4.90 Å². The van der Waals surface area contributed by atoms with Crippen LogP contribution in [-0.4, -0.2) is 62.0 Å². The van der Waals surface area contributed by atoms with Crippen molar-refractivity contribution in [2.75, 3.05) is 31.6 Å². The van der Waals surface area contributed by atoms with Crippen LogP contribution in [-0.2, 0) is 14.8 Å². The molecule has 3 aliphatic rings. The Bertz CT molecular complexity index is 1630. The molecule has 2 fully saturated rings. The molecule has 1 amide bonds. The molecule has 2 aliphatic heterocycles. The van der Waals surface area contributed by atoms with E-state index in [4.69, 9.17) is 4.74 Å². The number of likely N-dealkylation sites (tertiary alicyclic amines) is 1. The molecule has 0 N–H and O–H groups in total. The molecular weight excluding hydrogens is 589 g/mol. The first kappa shape index (κ1) is 31.5. The highest BCUT2D eigenvalue weighted by molar-refractivity contribution is 7.89. The summed E-state index contributed by atoms with van der Waals surface area (Å²) in [6.45, 7) is 7.09. The van der Waals surface area contributed by atoms with E-state index in [1.54, 1.807) is 34.5 Å². The first-order chi connectivity index (χ1) is 21.4. The van der Waals surface area contributed by atoms with Crippen molar-refractivity contribution in [1.82, 2.24) is 9.21 Å². The van der Waals surface area contributed by atoms with Gasteiger partial charge in [0.1, 0.15) is 16.3 Å². The molecular formula is C36H44FN3O4S. The maximum atomic E-state index is 14.6. The quantitative estimate of drug-likeness (QED) is 0.292. The van der Waals surface area contributed by atoms with E-state index < -0.39 is 15.6 Å². The largest absolute Gasteiger partial charge is 0.444 e. The Morgan fingerprint density at radius 1 is 0.911 bits per heavy atom. The molecule has 7 nitrogen and oxygen atoms in total. The van der Waals surface area contributed by atoms with Gasteiger partial charge < -0.3 is 14.5 Å². The van der Waals surface area contributed by atoms with Crippen LogP contribution in [0.1, 0.15) is 70.8 Å². The second kappa shape index (κ2) is 12.4. The van der Waals surface area contributed by atoms with Gasteiger partial charge in [-0.25, -0.2) is 17.6 Å². The number of anilines is 2. The second-order valence-electron chi connectivity index (χ2n) is 13.8. The Morgan fingerprint density at radius 2 is 1.60 bits per heavy atom. The maximum Gasteiger partial charge on any atom is 0.410 e. The van der Waals surface area contributed by atoms with Crippen LogP contribution in [0, 0.1) is 11.7 Å². The Morgan fingerprint density at radius 3 is 2.27 bits per heavy atom. The van der Waals surface area contributed by atoms with Crippen molar-refractivity contribution in [1.29, 1.82) is 0 Å². The first-order valence-electron chi connectivity index (χ1n) is 16.1. The molecule has 9 heteroatoms. The Kier molecular flexibility index (Phi) is 8.69. The number of para-hydroxylation sites is 1. The summed E-state index contributed by atoms with van der Waals surface area (Å²) >= 11 is 0. The number of rotatable bonds is 4. The summed E-state index contributed by atoms with van der Waals surface area (Å²) in [6.07, 6.45) is 5.79. The molecule has 0 spiro atoms. The van der Waals surface area contributed by atoms with Crippen molar-refractivity contribution in [3.8, 4) is 11.1 Å². The fraction of sp³-hybridized carbons (Fsp3) is 0.472. The predicted molar refractivity (Wildman–Crippen MR) is 176 cm³/mol. The Balaban J connectivity index is 1.51. The molecule has 1 saturated heterocycles. The summed E-state index contributed by atoms with van der Waals surface area (Å²) in [4.78, 5) is 17.2. The zero-order chi connectivity index (χ0) is 31.9. The summed E-state index contributed by atoms with van der Waals surface area (Å²) < 4.78 is 50.5. The fourth-order valence-electron chi connectivity index (χ4n) is 7.28. The lowest BCUT2D eigenvalue weighted by molar-refractivity contribution is 0.0292. The highest BCUT2D eigenvalue weighted by Crippen LogP contribution is 2.46. The van der Waals surface area contributed by atoms with Crippen LogP contribution >= 0.6 is 0 Å². The van der Waals surface area contributed by atoms with Crippen molar-refractivity contribution in [3.63, 3.8) is 0 Å². The normalized spacial score (nSPS) is 22.6. The molecule has 1 aliphatic carbocycles. The molecule has 0 aromatic heterocycles. The predicted octanol–water partition coefficient (Wildman–Crippen LogP) is 7.94. The van der Waals surface area contributed by atoms with E-state index in [0.29, 0.717) is 31.7 Å². The van der Waals surface area contributed by atoms with E-state index in [1.165, 1.54) is 18.6 Å². The average molecular weight is 634 g/mol. The Hall–Kier alpha value is -3.43. The number of halogens is 1. The second-order valence-corrected chi connectivity index (χ2v) is 15.7. The van der Waals surface area contributed by atoms with Gasteiger partial charge in [0.25, 0.3) is 0 Å². The third-order valence-electron chi connectivity index (χ3n) is 9.61. The number of hydrogen-bond donors (Lipinski definition) is 0. The van der Waals surface area contributed by atoms with Gasteiger partial charge >= 0.3 is 6.09 Å². The topological polar surface area (TPSA) is 70.2 Å². The summed E-state index contributed by atoms with van der Waals surface area (Å²) in [7, 11) is -2.16. The first-order valence-corrected chi connectivity index (χ1v) is 17.6. The fourth-order valence-corrected chi connectivity index (χ4v) is 8.88. The molecule has 1 unspecified atom stereocenters. The van der Waals surface area contributed by atoms with Crippen LogP contribution in [0.15, 0.2) is 71.6 Å². The lowest BCUT2D eigenvalue weighted by Crippen LogP contribution is -2.46. The monoisotopic (exact) mass is 633 g/mol. The SMILES string of the molecule is CN1[C@H](C2CCCCC2)CN(c2ccccc2)c2cc(C3CCN(C(=O)OC(C)(C)C)C3)c(-c3ccc(F)cc3)cc2S1(=O)=O. The molecule has 3 aromatic rings. The van der Waals surface area contributed by atoms with E-state index in [9.17, 15) is 17.6 Å². The van der Waals surface area contributed by atoms with Gasteiger partial charge in [-0.05, 0) is 99.0 Å². The minimum atomic E-state index is -3.89. The van der Waals surface area contributed by atoms with Gasteiger partial charge in [-0.1, -0.05) is 49.6 Å². The molecule has 0 radical (unpaired) electrons. The van der Waals surface area contributed by atoms with Gasteiger partial charge in [0.15, 0.2) is 0 Å². The average Bonchev–Trinajstić information content (AvgIpc) is 3.49. The molecule has 2 atom stereocenters. The van der Waals surface area contributed by atoms with Gasteiger partial charge in [-0.15, -0.1) is 0 Å². The number of benzene rings is 3. The lowest BCUT2D eigenvalue weighted by atomic mass is 9.83. The van der Waals surface area contributed by atoms with Crippen LogP contribution in [0.2, 0.25) is 0 Å². The van der Waals surface area contributed by atoms with E-state index in [0.717, 1.165) is 48.1 Å². The summed E-state index contributed by atoms with van der Waals surface area (Å²) in [5.41, 5.74) is 3.40. The third kappa shape index (κ3) is 6.47. The maximum absolute atomic E-state index is 14.6. The summed E-state index contributed by atoms with van der Waals surface area (Å²) in [5.74, 6) is -0.143. The van der Waals surface area contributed by atoms with Gasteiger partial charge in [0.2, 0.25) is 10.0 Å². The van der Waals surface area contributed by atoms with Crippen LogP contribution in [0.5, 0.6) is 0 Å². The van der Waals surface area contributed by atoms with Gasteiger partial charge in [-0.2, -0.15) is 4.31 Å².